The molecular formula is C18H14O2. The van der Waals surface area contributed by atoms with Crippen LogP contribution in [0.5, 0.6) is 0 Å². The second kappa shape index (κ2) is 4.14. The van der Waals surface area contributed by atoms with E-state index in [0.29, 0.717) is 28.2 Å². The van der Waals surface area contributed by atoms with E-state index >= 15 is 0 Å². The van der Waals surface area contributed by atoms with Gasteiger partial charge in [0.1, 0.15) is 0 Å². The molecule has 0 unspecified atom stereocenters. The standard InChI is InChI=1S/C18H14O2/c19-17-13-6-1-2-7-14(13)18(20)16-10-12(8-9-15(16)17)11-4-3-5-11/h1-2,6-11H,3-5H2. The Morgan fingerprint density at radius 1 is 0.750 bits per heavy atom. The summed E-state index contributed by atoms with van der Waals surface area (Å²) in [5.74, 6) is 0.520. The predicted octanol–water partition coefficient (Wildman–Crippen LogP) is 3.73. The van der Waals surface area contributed by atoms with Gasteiger partial charge in [0.15, 0.2) is 11.6 Å². The molecule has 2 aromatic carbocycles. The van der Waals surface area contributed by atoms with Crippen LogP contribution in [0.1, 0.15) is 62.6 Å². The maximum atomic E-state index is 12.6. The van der Waals surface area contributed by atoms with Gasteiger partial charge in [-0.15, -0.1) is 0 Å². The van der Waals surface area contributed by atoms with E-state index in [1.165, 1.54) is 24.8 Å². The van der Waals surface area contributed by atoms with Gasteiger partial charge in [-0.2, -0.15) is 0 Å². The second-order valence-corrected chi connectivity index (χ2v) is 5.64. The van der Waals surface area contributed by atoms with Gasteiger partial charge >= 0.3 is 0 Å². The summed E-state index contributed by atoms with van der Waals surface area (Å²) in [5.41, 5.74) is 3.41. The van der Waals surface area contributed by atoms with E-state index in [0.717, 1.165) is 0 Å². The van der Waals surface area contributed by atoms with E-state index in [9.17, 15) is 9.59 Å². The summed E-state index contributed by atoms with van der Waals surface area (Å²) in [7, 11) is 0. The first-order valence-corrected chi connectivity index (χ1v) is 7.08. The van der Waals surface area contributed by atoms with Crippen molar-refractivity contribution in [3.05, 3.63) is 70.3 Å². The molecule has 0 aliphatic heterocycles. The molecule has 20 heavy (non-hydrogen) atoms. The van der Waals surface area contributed by atoms with Gasteiger partial charge in [0.2, 0.25) is 0 Å². The topological polar surface area (TPSA) is 34.1 Å². The summed E-state index contributed by atoms with van der Waals surface area (Å²) < 4.78 is 0. The summed E-state index contributed by atoms with van der Waals surface area (Å²) in [6, 6.07) is 12.9. The van der Waals surface area contributed by atoms with E-state index in [-0.39, 0.29) is 11.6 Å². The molecule has 1 saturated carbocycles. The normalized spacial score (nSPS) is 17.4. The Balaban J connectivity index is 1.88. The minimum Gasteiger partial charge on any atom is -0.289 e. The van der Waals surface area contributed by atoms with Crippen molar-refractivity contribution in [2.75, 3.05) is 0 Å². The van der Waals surface area contributed by atoms with Crippen LogP contribution in [0.25, 0.3) is 0 Å². The minimum atomic E-state index is -0.0321. The fourth-order valence-corrected chi connectivity index (χ4v) is 3.11. The number of benzene rings is 2. The quantitative estimate of drug-likeness (QED) is 0.669. The molecule has 98 valence electrons. The van der Waals surface area contributed by atoms with Crippen molar-refractivity contribution in [3.8, 4) is 0 Å². The molecule has 1 fully saturated rings. The number of fused-ring (bicyclic) bond motifs is 2. The van der Waals surface area contributed by atoms with Gasteiger partial charge in [-0.25, -0.2) is 0 Å². The lowest BCUT2D eigenvalue weighted by molar-refractivity contribution is 0.0979. The Morgan fingerprint density at radius 3 is 1.95 bits per heavy atom. The van der Waals surface area contributed by atoms with Crippen LogP contribution in [-0.4, -0.2) is 11.6 Å². The molecule has 0 aromatic heterocycles. The molecule has 0 amide bonds. The molecule has 0 saturated heterocycles. The largest absolute Gasteiger partial charge is 0.289 e. The lowest BCUT2D eigenvalue weighted by atomic mass is 9.77. The average molecular weight is 262 g/mol. The van der Waals surface area contributed by atoms with Crippen molar-refractivity contribution in [2.45, 2.75) is 25.2 Å². The number of carbonyl (C=O) groups excluding carboxylic acids is 2. The third-order valence-corrected chi connectivity index (χ3v) is 4.53. The number of carbonyl (C=O) groups is 2. The second-order valence-electron chi connectivity index (χ2n) is 5.64. The van der Waals surface area contributed by atoms with E-state index in [2.05, 4.69) is 0 Å². The molecule has 0 atom stereocenters. The highest BCUT2D eigenvalue weighted by Crippen LogP contribution is 2.38. The van der Waals surface area contributed by atoms with Crippen molar-refractivity contribution in [3.63, 3.8) is 0 Å². The van der Waals surface area contributed by atoms with Crippen molar-refractivity contribution >= 4 is 11.6 Å². The van der Waals surface area contributed by atoms with E-state index in [1.54, 1.807) is 18.2 Å². The Hall–Kier alpha value is -2.22. The highest BCUT2D eigenvalue weighted by atomic mass is 16.1. The van der Waals surface area contributed by atoms with Crippen LogP contribution in [0, 0.1) is 0 Å². The van der Waals surface area contributed by atoms with Gasteiger partial charge in [-0.1, -0.05) is 42.8 Å². The molecule has 2 aromatic rings. The van der Waals surface area contributed by atoms with Crippen molar-refractivity contribution in [1.82, 2.24) is 0 Å². The van der Waals surface area contributed by atoms with Crippen molar-refractivity contribution in [2.24, 2.45) is 0 Å². The molecule has 0 radical (unpaired) electrons. The molecule has 2 nitrogen and oxygen atoms in total. The molecule has 2 heteroatoms. The lowest BCUT2D eigenvalue weighted by Crippen LogP contribution is -2.21. The van der Waals surface area contributed by atoms with Gasteiger partial charge in [0.25, 0.3) is 0 Å². The zero-order valence-corrected chi connectivity index (χ0v) is 11.1. The Kier molecular flexibility index (Phi) is 2.40. The van der Waals surface area contributed by atoms with Crippen molar-refractivity contribution in [1.29, 1.82) is 0 Å². The lowest BCUT2D eigenvalue weighted by Gasteiger charge is -2.27. The van der Waals surface area contributed by atoms with Gasteiger partial charge in [0.05, 0.1) is 0 Å². The fourth-order valence-electron chi connectivity index (χ4n) is 3.11. The van der Waals surface area contributed by atoms with E-state index in [1.807, 2.05) is 24.3 Å². The third-order valence-electron chi connectivity index (χ3n) is 4.53. The van der Waals surface area contributed by atoms with Crippen LogP contribution in [0.15, 0.2) is 42.5 Å². The van der Waals surface area contributed by atoms with Crippen LogP contribution in [0.3, 0.4) is 0 Å². The van der Waals surface area contributed by atoms with Crippen LogP contribution < -0.4 is 0 Å². The molecule has 0 N–H and O–H groups in total. The van der Waals surface area contributed by atoms with Gasteiger partial charge in [-0.3, -0.25) is 9.59 Å². The van der Waals surface area contributed by atoms with Crippen LogP contribution in [0.2, 0.25) is 0 Å². The zero-order valence-electron chi connectivity index (χ0n) is 11.1. The Labute approximate surface area is 117 Å². The smallest absolute Gasteiger partial charge is 0.194 e. The predicted molar refractivity (Wildman–Crippen MR) is 76.3 cm³/mol. The summed E-state index contributed by atoms with van der Waals surface area (Å²) in [6.45, 7) is 0. The average Bonchev–Trinajstić information content (AvgIpc) is 2.43. The maximum absolute atomic E-state index is 12.6. The minimum absolute atomic E-state index is 0.0172. The Morgan fingerprint density at radius 2 is 1.35 bits per heavy atom. The SMILES string of the molecule is O=C1c2ccccc2C(=O)c2cc(C3CCC3)ccc21. The van der Waals surface area contributed by atoms with Crippen LogP contribution in [0.4, 0.5) is 0 Å². The Bertz CT molecular complexity index is 739. The maximum Gasteiger partial charge on any atom is 0.194 e. The van der Waals surface area contributed by atoms with Crippen LogP contribution in [-0.2, 0) is 0 Å². The third kappa shape index (κ3) is 1.51. The van der Waals surface area contributed by atoms with Gasteiger partial charge in [0, 0.05) is 22.3 Å². The van der Waals surface area contributed by atoms with Gasteiger partial charge in [-0.05, 0) is 30.4 Å². The summed E-state index contributed by atoms with van der Waals surface area (Å²) in [4.78, 5) is 25.0. The molecular weight excluding hydrogens is 248 g/mol. The van der Waals surface area contributed by atoms with Crippen molar-refractivity contribution < 1.29 is 9.59 Å². The van der Waals surface area contributed by atoms with E-state index in [4.69, 9.17) is 0 Å². The highest BCUT2D eigenvalue weighted by Gasteiger charge is 2.30. The molecule has 2 aliphatic carbocycles. The summed E-state index contributed by atoms with van der Waals surface area (Å²) in [5, 5.41) is 0. The molecule has 0 bridgehead atoms. The molecule has 0 spiro atoms. The summed E-state index contributed by atoms with van der Waals surface area (Å²) in [6.07, 6.45) is 3.65. The first-order valence-electron chi connectivity index (χ1n) is 7.08. The number of hydrogen-bond donors (Lipinski definition) is 0. The first-order chi connectivity index (χ1) is 9.75. The monoisotopic (exact) mass is 262 g/mol. The van der Waals surface area contributed by atoms with E-state index < -0.39 is 0 Å². The number of ketones is 2. The number of hydrogen-bond acceptors (Lipinski definition) is 2. The first kappa shape index (κ1) is 11.6. The molecule has 4 rings (SSSR count). The highest BCUT2D eigenvalue weighted by molar-refractivity contribution is 6.28. The molecule has 2 aliphatic rings. The fraction of sp³-hybridized carbons (Fsp3) is 0.222. The number of rotatable bonds is 1. The molecule has 0 heterocycles. The van der Waals surface area contributed by atoms with Gasteiger partial charge < -0.3 is 0 Å². The zero-order chi connectivity index (χ0) is 13.7. The summed E-state index contributed by atoms with van der Waals surface area (Å²) >= 11 is 0. The van der Waals surface area contributed by atoms with Crippen LogP contribution >= 0.6 is 0 Å².